The lowest BCUT2D eigenvalue weighted by Crippen LogP contribution is -2.51. The van der Waals surface area contributed by atoms with E-state index in [4.69, 9.17) is 4.74 Å². The SMILES string of the molecule is CCCCCc1ccc(C(=O)N2CCC3(CCCCc4ccccc4OCCN(C)C3=O)CC2)cc1. The first kappa shape index (κ1) is 26.2. The van der Waals surface area contributed by atoms with Crippen LogP contribution in [0.3, 0.4) is 0 Å². The summed E-state index contributed by atoms with van der Waals surface area (Å²) in [5, 5.41) is 0. The van der Waals surface area contributed by atoms with E-state index >= 15 is 0 Å². The Morgan fingerprint density at radius 1 is 0.944 bits per heavy atom. The Bertz CT molecular complexity index is 1010. The largest absolute Gasteiger partial charge is 0.491 e. The molecule has 0 N–H and O–H groups in total. The van der Waals surface area contributed by atoms with Gasteiger partial charge >= 0.3 is 0 Å². The minimum absolute atomic E-state index is 0.0870. The lowest BCUT2D eigenvalue weighted by molar-refractivity contribution is -0.144. The van der Waals surface area contributed by atoms with Crippen molar-refractivity contribution >= 4 is 11.8 Å². The maximum atomic E-state index is 13.6. The van der Waals surface area contributed by atoms with Gasteiger partial charge in [-0.25, -0.2) is 0 Å². The normalized spacial score (nSPS) is 18.7. The van der Waals surface area contributed by atoms with Crippen LogP contribution in [0.25, 0.3) is 0 Å². The van der Waals surface area contributed by atoms with Crippen LogP contribution < -0.4 is 4.74 Å². The van der Waals surface area contributed by atoms with Gasteiger partial charge in [0.05, 0.1) is 12.0 Å². The Hall–Kier alpha value is -2.82. The molecule has 5 nitrogen and oxygen atoms in total. The van der Waals surface area contributed by atoms with Crippen LogP contribution in [0, 0.1) is 5.41 Å². The summed E-state index contributed by atoms with van der Waals surface area (Å²) in [7, 11) is 1.89. The molecule has 0 aliphatic carbocycles. The van der Waals surface area contributed by atoms with Gasteiger partial charge in [-0.05, 0) is 74.3 Å². The number of hydrogen-bond acceptors (Lipinski definition) is 3. The minimum atomic E-state index is -0.382. The van der Waals surface area contributed by atoms with E-state index in [1.54, 1.807) is 0 Å². The number of aryl methyl sites for hydroxylation is 2. The quantitative estimate of drug-likeness (QED) is 0.490. The number of likely N-dealkylation sites (N-methyl/N-ethyl adjacent to an activating group) is 1. The van der Waals surface area contributed by atoms with Crippen molar-refractivity contribution in [1.29, 1.82) is 0 Å². The van der Waals surface area contributed by atoms with Crippen molar-refractivity contribution in [3.8, 4) is 5.75 Å². The van der Waals surface area contributed by atoms with Gasteiger partial charge in [-0.1, -0.05) is 56.5 Å². The second-order valence-corrected chi connectivity index (χ2v) is 10.6. The van der Waals surface area contributed by atoms with Gasteiger partial charge in [-0.15, -0.1) is 0 Å². The Balaban J connectivity index is 1.38. The van der Waals surface area contributed by atoms with Crippen LogP contribution in [0.2, 0.25) is 0 Å². The first-order valence-corrected chi connectivity index (χ1v) is 13.9. The van der Waals surface area contributed by atoms with Gasteiger partial charge < -0.3 is 14.5 Å². The van der Waals surface area contributed by atoms with Crippen LogP contribution >= 0.6 is 0 Å². The number of unbranched alkanes of at least 4 members (excludes halogenated alkanes) is 2. The predicted octanol–water partition coefficient (Wildman–Crippen LogP) is 5.91. The third kappa shape index (κ3) is 6.29. The summed E-state index contributed by atoms with van der Waals surface area (Å²) >= 11 is 0. The lowest BCUT2D eigenvalue weighted by atomic mass is 9.73. The molecule has 5 heteroatoms. The number of fused-ring (bicyclic) bond motifs is 1. The van der Waals surface area contributed by atoms with E-state index in [1.165, 1.54) is 30.4 Å². The Kier molecular flexibility index (Phi) is 9.06. The number of carbonyl (C=O) groups is 2. The zero-order valence-corrected chi connectivity index (χ0v) is 22.1. The summed E-state index contributed by atoms with van der Waals surface area (Å²) in [6, 6.07) is 16.4. The van der Waals surface area contributed by atoms with E-state index in [9.17, 15) is 9.59 Å². The molecule has 2 amide bonds. The third-order valence-corrected chi connectivity index (χ3v) is 8.09. The topological polar surface area (TPSA) is 49.9 Å². The summed E-state index contributed by atoms with van der Waals surface area (Å²) in [6.45, 7) is 4.55. The lowest BCUT2D eigenvalue weighted by Gasteiger charge is -2.43. The molecule has 0 saturated carbocycles. The molecule has 0 bridgehead atoms. The van der Waals surface area contributed by atoms with Crippen molar-refractivity contribution in [3.05, 3.63) is 65.2 Å². The van der Waals surface area contributed by atoms with E-state index in [-0.39, 0.29) is 17.2 Å². The van der Waals surface area contributed by atoms with E-state index in [1.807, 2.05) is 41.1 Å². The van der Waals surface area contributed by atoms with Crippen LogP contribution in [0.15, 0.2) is 48.5 Å². The number of hydrogen-bond donors (Lipinski definition) is 0. The van der Waals surface area contributed by atoms with Crippen LogP contribution in [-0.2, 0) is 17.6 Å². The van der Waals surface area contributed by atoms with Gasteiger partial charge in [0.2, 0.25) is 5.91 Å². The maximum absolute atomic E-state index is 13.6. The summed E-state index contributed by atoms with van der Waals surface area (Å²) in [5.41, 5.74) is 2.92. The molecular weight excluding hydrogens is 448 g/mol. The van der Waals surface area contributed by atoms with Crippen LogP contribution in [-0.4, -0.2) is 54.9 Å². The number of benzene rings is 2. The number of carbonyl (C=O) groups excluding carboxylic acids is 2. The van der Waals surface area contributed by atoms with E-state index in [2.05, 4.69) is 31.2 Å². The zero-order valence-electron chi connectivity index (χ0n) is 22.1. The fourth-order valence-corrected chi connectivity index (χ4v) is 5.71. The van der Waals surface area contributed by atoms with Crippen molar-refractivity contribution < 1.29 is 14.3 Å². The van der Waals surface area contributed by atoms with Gasteiger partial charge in [0.15, 0.2) is 0 Å². The Labute approximate surface area is 216 Å². The number of piperidine rings is 1. The number of para-hydroxylation sites is 1. The predicted molar refractivity (Wildman–Crippen MR) is 144 cm³/mol. The highest BCUT2D eigenvalue weighted by molar-refractivity contribution is 5.94. The van der Waals surface area contributed by atoms with E-state index in [0.717, 1.165) is 56.3 Å². The van der Waals surface area contributed by atoms with Crippen molar-refractivity contribution in [2.75, 3.05) is 33.3 Å². The minimum Gasteiger partial charge on any atom is -0.491 e. The number of rotatable bonds is 5. The molecule has 2 aliphatic heterocycles. The molecule has 1 fully saturated rings. The Morgan fingerprint density at radius 2 is 1.69 bits per heavy atom. The average molecular weight is 491 g/mol. The molecule has 0 atom stereocenters. The van der Waals surface area contributed by atoms with Crippen molar-refractivity contribution in [2.24, 2.45) is 5.41 Å². The standard InChI is InChI=1S/C31H42N2O3/c1-3-4-5-10-25-14-16-27(17-15-25)29(34)33-21-19-31(20-22-33)18-9-8-12-26-11-6-7-13-28(26)36-24-23-32(2)30(31)35/h6-7,11,13-17H,3-5,8-10,12,18-24H2,1-2H3. The van der Waals surface area contributed by atoms with Gasteiger partial charge in [-0.3, -0.25) is 9.59 Å². The monoisotopic (exact) mass is 490 g/mol. The number of likely N-dealkylation sites (tertiary alicyclic amines) is 1. The molecule has 1 saturated heterocycles. The highest BCUT2D eigenvalue weighted by Gasteiger charge is 2.43. The van der Waals surface area contributed by atoms with E-state index in [0.29, 0.717) is 26.2 Å². The molecule has 2 aromatic carbocycles. The summed E-state index contributed by atoms with van der Waals surface area (Å²) in [5.74, 6) is 1.24. The Morgan fingerprint density at radius 3 is 2.44 bits per heavy atom. The highest BCUT2D eigenvalue weighted by Crippen LogP contribution is 2.39. The third-order valence-electron chi connectivity index (χ3n) is 8.09. The molecular formula is C31H42N2O3. The van der Waals surface area contributed by atoms with Gasteiger partial charge in [-0.2, -0.15) is 0 Å². The molecule has 1 spiro atoms. The highest BCUT2D eigenvalue weighted by atomic mass is 16.5. The van der Waals surface area contributed by atoms with Crippen molar-refractivity contribution in [2.45, 2.75) is 71.1 Å². The van der Waals surface area contributed by atoms with Gasteiger partial charge in [0.1, 0.15) is 12.4 Å². The molecule has 4 rings (SSSR count). The number of ether oxygens (including phenoxy) is 1. The average Bonchev–Trinajstić information content (AvgIpc) is 2.91. The van der Waals surface area contributed by atoms with Gasteiger partial charge in [0, 0.05) is 25.7 Å². The summed E-state index contributed by atoms with van der Waals surface area (Å²) < 4.78 is 6.04. The summed E-state index contributed by atoms with van der Waals surface area (Å²) in [6.07, 6.45) is 10.1. The molecule has 2 aliphatic rings. The first-order valence-electron chi connectivity index (χ1n) is 13.9. The zero-order chi connectivity index (χ0) is 25.4. The number of nitrogens with zero attached hydrogens (tertiary/aromatic N) is 2. The molecule has 0 aromatic heterocycles. The van der Waals surface area contributed by atoms with Gasteiger partial charge in [0.25, 0.3) is 5.91 Å². The summed E-state index contributed by atoms with van der Waals surface area (Å²) in [4.78, 5) is 30.7. The smallest absolute Gasteiger partial charge is 0.253 e. The molecule has 36 heavy (non-hydrogen) atoms. The van der Waals surface area contributed by atoms with Crippen LogP contribution in [0.1, 0.15) is 79.8 Å². The maximum Gasteiger partial charge on any atom is 0.253 e. The molecule has 194 valence electrons. The fraction of sp³-hybridized carbons (Fsp3) is 0.548. The molecule has 2 aromatic rings. The molecule has 2 heterocycles. The second-order valence-electron chi connectivity index (χ2n) is 10.6. The van der Waals surface area contributed by atoms with Crippen LogP contribution in [0.5, 0.6) is 5.75 Å². The molecule has 0 radical (unpaired) electrons. The fourth-order valence-electron chi connectivity index (χ4n) is 5.71. The van der Waals surface area contributed by atoms with Crippen molar-refractivity contribution in [1.82, 2.24) is 9.80 Å². The van der Waals surface area contributed by atoms with Crippen LogP contribution in [0.4, 0.5) is 0 Å². The molecule has 0 unspecified atom stereocenters. The second kappa shape index (κ2) is 12.4. The number of amides is 2. The van der Waals surface area contributed by atoms with E-state index < -0.39 is 0 Å². The van der Waals surface area contributed by atoms with Crippen molar-refractivity contribution in [3.63, 3.8) is 0 Å². The first-order chi connectivity index (χ1) is 17.5.